The topological polar surface area (TPSA) is 83.7 Å². The SMILES string of the molecule is O=S(=O)(c1cccc(C(F)(F)F)c1)N1CCN(c2ccc3nnc(C(F)(F)F)n3n2)CC1. The van der Waals surface area contributed by atoms with Gasteiger partial charge < -0.3 is 4.90 Å². The van der Waals surface area contributed by atoms with E-state index in [1.54, 1.807) is 4.90 Å². The van der Waals surface area contributed by atoms with E-state index in [4.69, 9.17) is 0 Å². The Kier molecular flexibility index (Phi) is 5.27. The summed E-state index contributed by atoms with van der Waals surface area (Å²) < 4.78 is 105. The van der Waals surface area contributed by atoms with Crippen LogP contribution < -0.4 is 4.90 Å². The number of benzene rings is 1. The normalized spacial score (nSPS) is 16.6. The minimum atomic E-state index is -4.76. The maximum absolute atomic E-state index is 13.1. The molecule has 0 saturated carbocycles. The van der Waals surface area contributed by atoms with Crippen molar-refractivity contribution >= 4 is 21.5 Å². The lowest BCUT2D eigenvalue weighted by Gasteiger charge is -2.34. The molecule has 3 aromatic rings. The van der Waals surface area contributed by atoms with Crippen molar-refractivity contribution in [2.75, 3.05) is 31.1 Å². The van der Waals surface area contributed by atoms with Gasteiger partial charge in [0.25, 0.3) is 5.82 Å². The number of hydrogen-bond donors (Lipinski definition) is 0. The first kappa shape index (κ1) is 22.3. The van der Waals surface area contributed by atoms with E-state index < -0.39 is 38.7 Å². The second-order valence-corrected chi connectivity index (χ2v) is 8.84. The van der Waals surface area contributed by atoms with Gasteiger partial charge in [0.2, 0.25) is 10.0 Å². The fourth-order valence-corrected chi connectivity index (χ4v) is 4.73. The molecule has 2 aromatic heterocycles. The monoisotopic (exact) mass is 480 g/mol. The van der Waals surface area contributed by atoms with Gasteiger partial charge in [-0.15, -0.1) is 15.3 Å². The van der Waals surface area contributed by atoms with E-state index in [-0.39, 0.29) is 37.6 Å². The summed E-state index contributed by atoms with van der Waals surface area (Å²) in [5.74, 6) is -1.14. The summed E-state index contributed by atoms with van der Waals surface area (Å²) in [5.41, 5.74) is -1.18. The highest BCUT2D eigenvalue weighted by Gasteiger charge is 2.38. The van der Waals surface area contributed by atoms with Crippen molar-refractivity contribution in [3.8, 4) is 0 Å². The number of fused-ring (bicyclic) bond motifs is 1. The first-order chi connectivity index (χ1) is 14.9. The number of anilines is 1. The van der Waals surface area contributed by atoms with Gasteiger partial charge in [0.05, 0.1) is 10.5 Å². The van der Waals surface area contributed by atoms with Gasteiger partial charge in [-0.25, -0.2) is 8.42 Å². The van der Waals surface area contributed by atoms with E-state index >= 15 is 0 Å². The molecule has 1 saturated heterocycles. The highest BCUT2D eigenvalue weighted by molar-refractivity contribution is 7.89. The molecule has 0 spiro atoms. The number of piperazine rings is 1. The van der Waals surface area contributed by atoms with Crippen LogP contribution in [0.4, 0.5) is 32.2 Å². The predicted molar refractivity (Wildman–Crippen MR) is 98.2 cm³/mol. The van der Waals surface area contributed by atoms with Crippen molar-refractivity contribution < 1.29 is 34.8 Å². The summed E-state index contributed by atoms with van der Waals surface area (Å²) in [6, 6.07) is 6.18. The Morgan fingerprint density at radius 3 is 2.16 bits per heavy atom. The van der Waals surface area contributed by atoms with Crippen molar-refractivity contribution in [3.05, 3.63) is 47.8 Å². The number of sulfonamides is 1. The minimum absolute atomic E-state index is 0.0696. The first-order valence-corrected chi connectivity index (χ1v) is 10.5. The average Bonchev–Trinajstić information content (AvgIpc) is 3.17. The third-order valence-electron chi connectivity index (χ3n) is 4.86. The van der Waals surface area contributed by atoms with Gasteiger partial charge in [0.1, 0.15) is 5.82 Å². The molecule has 0 aliphatic carbocycles. The molecule has 8 nitrogen and oxygen atoms in total. The van der Waals surface area contributed by atoms with Crippen molar-refractivity contribution in [2.45, 2.75) is 17.2 Å². The summed E-state index contributed by atoms with van der Waals surface area (Å²) in [6.45, 7) is -0.0421. The Labute approximate surface area is 177 Å². The zero-order valence-electron chi connectivity index (χ0n) is 16.0. The van der Waals surface area contributed by atoms with Gasteiger partial charge in [0, 0.05) is 26.2 Å². The molecule has 0 atom stereocenters. The average molecular weight is 480 g/mol. The fourth-order valence-electron chi connectivity index (χ4n) is 3.26. The molecule has 32 heavy (non-hydrogen) atoms. The quantitative estimate of drug-likeness (QED) is 0.536. The van der Waals surface area contributed by atoms with E-state index in [2.05, 4.69) is 15.3 Å². The lowest BCUT2D eigenvalue weighted by atomic mass is 10.2. The van der Waals surface area contributed by atoms with Gasteiger partial charge in [-0.05, 0) is 30.3 Å². The van der Waals surface area contributed by atoms with E-state index in [9.17, 15) is 34.8 Å². The molecule has 1 aliphatic heterocycles. The predicted octanol–water partition coefficient (Wildman–Crippen LogP) is 2.67. The number of alkyl halides is 6. The molecule has 1 fully saturated rings. The summed E-state index contributed by atoms with van der Waals surface area (Å²) in [4.78, 5) is 1.08. The summed E-state index contributed by atoms with van der Waals surface area (Å²) >= 11 is 0. The third kappa shape index (κ3) is 4.09. The van der Waals surface area contributed by atoms with Crippen LogP contribution in [0, 0.1) is 0 Å². The molecular formula is C17H14F6N6O2S. The maximum atomic E-state index is 13.1. The lowest BCUT2D eigenvalue weighted by molar-refractivity contribution is -0.146. The molecular weight excluding hydrogens is 466 g/mol. The second kappa shape index (κ2) is 7.58. The van der Waals surface area contributed by atoms with Crippen LogP contribution in [0.25, 0.3) is 5.65 Å². The largest absolute Gasteiger partial charge is 0.453 e. The molecule has 3 heterocycles. The molecule has 0 unspecified atom stereocenters. The molecule has 0 bridgehead atoms. The standard InChI is InChI=1S/C17H14F6N6O2S/c18-16(19,20)11-2-1-3-12(10-11)32(30,31)28-8-6-27(7-9-28)14-5-4-13-24-25-15(17(21,22)23)29(13)26-14/h1-5,10H,6-9H2. The van der Waals surface area contributed by atoms with Gasteiger partial charge >= 0.3 is 12.4 Å². The van der Waals surface area contributed by atoms with E-state index in [0.717, 1.165) is 22.5 Å². The number of rotatable bonds is 3. The lowest BCUT2D eigenvalue weighted by Crippen LogP contribution is -2.49. The Bertz CT molecular complexity index is 1250. The summed E-state index contributed by atoms with van der Waals surface area (Å²) in [7, 11) is -4.19. The molecule has 172 valence electrons. The fraction of sp³-hybridized carbons (Fsp3) is 0.353. The van der Waals surface area contributed by atoms with Crippen LogP contribution >= 0.6 is 0 Å². The van der Waals surface area contributed by atoms with Crippen LogP contribution in [-0.4, -0.2) is 58.7 Å². The molecule has 0 N–H and O–H groups in total. The van der Waals surface area contributed by atoms with Gasteiger partial charge in [0.15, 0.2) is 5.65 Å². The molecule has 4 rings (SSSR count). The zero-order valence-corrected chi connectivity index (χ0v) is 16.8. The maximum Gasteiger partial charge on any atom is 0.453 e. The van der Waals surface area contributed by atoms with Gasteiger partial charge in [-0.3, -0.25) is 0 Å². The Morgan fingerprint density at radius 2 is 1.53 bits per heavy atom. The Hall–Kier alpha value is -2.94. The third-order valence-corrected chi connectivity index (χ3v) is 6.76. The highest BCUT2D eigenvalue weighted by Crippen LogP contribution is 2.32. The van der Waals surface area contributed by atoms with Crippen LogP contribution in [0.3, 0.4) is 0 Å². The zero-order chi connectivity index (χ0) is 23.3. The Morgan fingerprint density at radius 1 is 0.844 bits per heavy atom. The van der Waals surface area contributed by atoms with E-state index in [1.807, 2.05) is 0 Å². The Balaban J connectivity index is 1.53. The van der Waals surface area contributed by atoms with E-state index in [0.29, 0.717) is 10.6 Å². The molecule has 0 amide bonds. The smallest absolute Gasteiger partial charge is 0.353 e. The number of aromatic nitrogens is 4. The molecule has 1 aliphatic rings. The van der Waals surface area contributed by atoms with Crippen molar-refractivity contribution in [3.63, 3.8) is 0 Å². The number of nitrogens with zero attached hydrogens (tertiary/aromatic N) is 6. The molecule has 15 heteroatoms. The summed E-state index contributed by atoms with van der Waals surface area (Å²) in [6.07, 6.45) is -9.45. The van der Waals surface area contributed by atoms with Crippen LogP contribution in [-0.2, 0) is 22.4 Å². The van der Waals surface area contributed by atoms with Crippen molar-refractivity contribution in [1.29, 1.82) is 0 Å². The number of halogens is 6. The minimum Gasteiger partial charge on any atom is -0.353 e. The van der Waals surface area contributed by atoms with Gasteiger partial charge in [-0.1, -0.05) is 6.07 Å². The van der Waals surface area contributed by atoms with Crippen LogP contribution in [0.15, 0.2) is 41.3 Å². The van der Waals surface area contributed by atoms with Crippen LogP contribution in [0.2, 0.25) is 0 Å². The summed E-state index contributed by atoms with van der Waals surface area (Å²) in [5, 5.41) is 10.4. The van der Waals surface area contributed by atoms with Crippen LogP contribution in [0.5, 0.6) is 0 Å². The highest BCUT2D eigenvalue weighted by atomic mass is 32.2. The van der Waals surface area contributed by atoms with Gasteiger partial charge in [-0.2, -0.15) is 35.2 Å². The van der Waals surface area contributed by atoms with Crippen molar-refractivity contribution in [1.82, 2.24) is 24.1 Å². The molecule has 1 aromatic carbocycles. The van der Waals surface area contributed by atoms with E-state index in [1.165, 1.54) is 12.1 Å². The van der Waals surface area contributed by atoms with Crippen LogP contribution in [0.1, 0.15) is 11.4 Å². The molecule has 0 radical (unpaired) electrons. The first-order valence-electron chi connectivity index (χ1n) is 9.09. The number of hydrogen-bond acceptors (Lipinski definition) is 6. The van der Waals surface area contributed by atoms with Crippen molar-refractivity contribution in [2.24, 2.45) is 0 Å². The second-order valence-electron chi connectivity index (χ2n) is 6.90.